The van der Waals surface area contributed by atoms with Gasteiger partial charge in [-0.3, -0.25) is 9.98 Å². The minimum absolute atomic E-state index is 0.0928. The van der Waals surface area contributed by atoms with Crippen molar-refractivity contribution in [1.82, 2.24) is 0 Å². The first-order chi connectivity index (χ1) is 14.7. The molecular formula is C27H36N2O2. The van der Waals surface area contributed by atoms with E-state index in [0.29, 0.717) is 23.3 Å². The van der Waals surface area contributed by atoms with Crippen molar-refractivity contribution in [3.63, 3.8) is 0 Å². The normalized spacial score (nSPS) is 19.5. The number of aromatic hydroxyl groups is 2. The highest BCUT2D eigenvalue weighted by Crippen LogP contribution is 2.30. The van der Waals surface area contributed by atoms with Crippen LogP contribution in [0.1, 0.15) is 92.2 Å². The number of benzene rings is 2. The first-order valence-electron chi connectivity index (χ1n) is 11.4. The van der Waals surface area contributed by atoms with Gasteiger partial charge in [-0.25, -0.2) is 0 Å². The summed E-state index contributed by atoms with van der Waals surface area (Å²) in [6.07, 6.45) is 6.68. The van der Waals surface area contributed by atoms with Crippen LogP contribution in [0.25, 0.3) is 0 Å². The van der Waals surface area contributed by atoms with E-state index in [1.54, 1.807) is 0 Å². The Morgan fingerprint density at radius 3 is 1.48 bits per heavy atom. The molecule has 2 aromatic carbocycles. The van der Waals surface area contributed by atoms with Crippen LogP contribution in [0.5, 0.6) is 11.5 Å². The highest BCUT2D eigenvalue weighted by molar-refractivity contribution is 5.85. The SMILES string of the molecule is Cc1cc(C(C)C)cc(C=NC2CCCC2N=Cc2cc(C(C)C)cc(C)c2O)c1O. The molecule has 0 spiro atoms. The first-order valence-corrected chi connectivity index (χ1v) is 11.4. The second-order valence-electron chi connectivity index (χ2n) is 9.48. The van der Waals surface area contributed by atoms with Crippen molar-refractivity contribution in [3.05, 3.63) is 57.6 Å². The van der Waals surface area contributed by atoms with Gasteiger partial charge in [-0.1, -0.05) is 39.8 Å². The Hall–Kier alpha value is -2.62. The molecule has 0 bridgehead atoms. The molecule has 2 unspecified atom stereocenters. The van der Waals surface area contributed by atoms with E-state index in [0.717, 1.165) is 41.5 Å². The molecule has 31 heavy (non-hydrogen) atoms. The third-order valence-electron chi connectivity index (χ3n) is 6.29. The molecule has 1 aliphatic rings. The largest absolute Gasteiger partial charge is 0.507 e. The number of hydrogen-bond acceptors (Lipinski definition) is 4. The standard InChI is InChI=1S/C27H36N2O2/c1-16(2)20-10-18(5)26(30)22(12-20)14-28-24-8-7-9-25(24)29-15-23-13-21(17(3)4)11-19(6)27(23)31/h10-17,24-25,30-31H,7-9H2,1-6H3. The molecule has 0 saturated heterocycles. The minimum atomic E-state index is 0.0928. The van der Waals surface area contributed by atoms with Crippen LogP contribution in [0.4, 0.5) is 0 Å². The number of phenolic OH excluding ortho intramolecular Hbond substituents is 2. The Morgan fingerprint density at radius 1 is 0.742 bits per heavy atom. The van der Waals surface area contributed by atoms with Crippen LogP contribution in [-0.2, 0) is 0 Å². The summed E-state index contributed by atoms with van der Waals surface area (Å²) in [5.41, 5.74) is 5.71. The summed E-state index contributed by atoms with van der Waals surface area (Å²) in [6.45, 7) is 12.5. The monoisotopic (exact) mass is 420 g/mol. The van der Waals surface area contributed by atoms with Crippen molar-refractivity contribution >= 4 is 12.4 Å². The molecule has 1 saturated carbocycles. The molecule has 166 valence electrons. The fourth-order valence-electron chi connectivity index (χ4n) is 4.16. The molecule has 1 aliphatic carbocycles. The van der Waals surface area contributed by atoms with Crippen molar-refractivity contribution in [3.8, 4) is 11.5 Å². The number of hydrogen-bond donors (Lipinski definition) is 2. The van der Waals surface area contributed by atoms with E-state index in [4.69, 9.17) is 9.98 Å². The first kappa shape index (κ1) is 23.1. The van der Waals surface area contributed by atoms with E-state index in [9.17, 15) is 10.2 Å². The van der Waals surface area contributed by atoms with E-state index in [1.165, 1.54) is 11.1 Å². The maximum absolute atomic E-state index is 10.5. The molecular weight excluding hydrogens is 384 g/mol. The molecule has 4 nitrogen and oxygen atoms in total. The van der Waals surface area contributed by atoms with E-state index in [-0.39, 0.29) is 12.1 Å². The number of rotatable bonds is 6. The second kappa shape index (κ2) is 9.67. The summed E-state index contributed by atoms with van der Waals surface area (Å²) in [5, 5.41) is 20.9. The Kier molecular flexibility index (Phi) is 7.19. The predicted molar refractivity (Wildman–Crippen MR) is 130 cm³/mol. The van der Waals surface area contributed by atoms with Crippen molar-refractivity contribution in [1.29, 1.82) is 0 Å². The van der Waals surface area contributed by atoms with Crippen LogP contribution < -0.4 is 0 Å². The summed E-state index contributed by atoms with van der Waals surface area (Å²) in [6, 6.07) is 8.33. The van der Waals surface area contributed by atoms with Crippen molar-refractivity contribution in [2.75, 3.05) is 0 Å². The Morgan fingerprint density at radius 2 is 1.13 bits per heavy atom. The minimum Gasteiger partial charge on any atom is -0.507 e. The summed E-state index contributed by atoms with van der Waals surface area (Å²) >= 11 is 0. The average molecular weight is 421 g/mol. The maximum Gasteiger partial charge on any atom is 0.127 e. The maximum atomic E-state index is 10.5. The summed E-state index contributed by atoms with van der Waals surface area (Å²) in [5.74, 6) is 1.40. The molecule has 2 N–H and O–H groups in total. The van der Waals surface area contributed by atoms with Gasteiger partial charge in [0.1, 0.15) is 11.5 Å². The number of nitrogens with zero attached hydrogens (tertiary/aromatic N) is 2. The smallest absolute Gasteiger partial charge is 0.127 e. The zero-order chi connectivity index (χ0) is 22.7. The number of aryl methyl sites for hydroxylation is 2. The third-order valence-corrected chi connectivity index (χ3v) is 6.29. The van der Waals surface area contributed by atoms with E-state index < -0.39 is 0 Å². The Bertz CT molecular complexity index is 910. The lowest BCUT2D eigenvalue weighted by Crippen LogP contribution is -2.16. The quantitative estimate of drug-likeness (QED) is 0.530. The molecule has 0 radical (unpaired) electrons. The molecule has 2 atom stereocenters. The number of aliphatic imine (C=N–C) groups is 2. The topological polar surface area (TPSA) is 65.2 Å². The fraction of sp³-hybridized carbons (Fsp3) is 0.481. The van der Waals surface area contributed by atoms with Gasteiger partial charge in [0.2, 0.25) is 0 Å². The molecule has 1 fully saturated rings. The molecule has 2 aromatic rings. The summed E-state index contributed by atoms with van der Waals surface area (Å²) < 4.78 is 0. The van der Waals surface area contributed by atoms with Gasteiger partial charge in [-0.2, -0.15) is 0 Å². The van der Waals surface area contributed by atoms with Crippen molar-refractivity contribution in [2.24, 2.45) is 9.98 Å². The zero-order valence-corrected chi connectivity index (χ0v) is 19.7. The molecule has 0 amide bonds. The number of phenols is 2. The van der Waals surface area contributed by atoms with Gasteiger partial charge >= 0.3 is 0 Å². The lowest BCUT2D eigenvalue weighted by atomic mass is 9.97. The van der Waals surface area contributed by atoms with Gasteiger partial charge in [-0.05, 0) is 79.3 Å². The molecule has 0 aromatic heterocycles. The molecule has 3 rings (SSSR count). The van der Waals surface area contributed by atoms with Crippen LogP contribution in [0.2, 0.25) is 0 Å². The van der Waals surface area contributed by atoms with Crippen molar-refractivity contribution < 1.29 is 10.2 Å². The lowest BCUT2D eigenvalue weighted by molar-refractivity contribution is 0.469. The lowest BCUT2D eigenvalue weighted by Gasteiger charge is -2.14. The van der Waals surface area contributed by atoms with Crippen LogP contribution in [-0.4, -0.2) is 34.7 Å². The van der Waals surface area contributed by atoms with Crippen molar-refractivity contribution in [2.45, 2.75) is 84.7 Å². The second-order valence-corrected chi connectivity index (χ2v) is 9.48. The van der Waals surface area contributed by atoms with Crippen LogP contribution >= 0.6 is 0 Å². The van der Waals surface area contributed by atoms with Gasteiger partial charge in [0.05, 0.1) is 12.1 Å². The van der Waals surface area contributed by atoms with Gasteiger partial charge in [0, 0.05) is 23.6 Å². The highest BCUT2D eigenvalue weighted by Gasteiger charge is 2.25. The Labute approximate surface area is 186 Å². The van der Waals surface area contributed by atoms with E-state index in [2.05, 4.69) is 27.7 Å². The average Bonchev–Trinajstić information content (AvgIpc) is 3.17. The Balaban J connectivity index is 1.82. The van der Waals surface area contributed by atoms with Gasteiger partial charge in [-0.15, -0.1) is 0 Å². The van der Waals surface area contributed by atoms with E-state index in [1.807, 2.05) is 50.5 Å². The molecule has 4 heteroatoms. The molecule has 0 aliphatic heterocycles. The highest BCUT2D eigenvalue weighted by atomic mass is 16.3. The zero-order valence-electron chi connectivity index (χ0n) is 19.7. The summed E-state index contributed by atoms with van der Waals surface area (Å²) in [4.78, 5) is 9.63. The van der Waals surface area contributed by atoms with Crippen LogP contribution in [0, 0.1) is 13.8 Å². The van der Waals surface area contributed by atoms with Crippen LogP contribution in [0.3, 0.4) is 0 Å². The van der Waals surface area contributed by atoms with Gasteiger partial charge < -0.3 is 10.2 Å². The predicted octanol–water partition coefficient (Wildman–Crippen LogP) is 6.42. The summed E-state index contributed by atoms with van der Waals surface area (Å²) in [7, 11) is 0. The van der Waals surface area contributed by atoms with Gasteiger partial charge in [0.15, 0.2) is 0 Å². The fourth-order valence-corrected chi connectivity index (χ4v) is 4.16. The van der Waals surface area contributed by atoms with E-state index >= 15 is 0 Å². The molecule has 0 heterocycles. The third kappa shape index (κ3) is 5.36. The van der Waals surface area contributed by atoms with Crippen LogP contribution in [0.15, 0.2) is 34.3 Å². The van der Waals surface area contributed by atoms with Gasteiger partial charge in [0.25, 0.3) is 0 Å².